The van der Waals surface area contributed by atoms with Gasteiger partial charge in [-0.1, -0.05) is 11.6 Å². The number of nitrogens with zero attached hydrogens (tertiary/aromatic N) is 3. The van der Waals surface area contributed by atoms with Crippen LogP contribution in [0, 0.1) is 5.82 Å². The van der Waals surface area contributed by atoms with E-state index in [9.17, 15) is 4.39 Å². The van der Waals surface area contributed by atoms with Crippen LogP contribution in [-0.4, -0.2) is 23.4 Å². The number of nitrogen functional groups attached to an aromatic ring is 1. The molecule has 33 heavy (non-hydrogen) atoms. The Morgan fingerprint density at radius 3 is 2.76 bits per heavy atom. The van der Waals surface area contributed by atoms with Crippen LogP contribution in [0.25, 0.3) is 16.8 Å². The number of rotatable bonds is 2. The normalized spacial score (nSPS) is 18.7. The largest absolute Gasteiger partial charge is 0.482 e. The minimum absolute atomic E-state index is 0.256. The average molecular weight is 448 g/mol. The number of hydrogen-bond acceptors (Lipinski definition) is 7. The number of allylic oxidation sites excluding steroid dienone is 1. The second kappa shape index (κ2) is 8.35. The number of benzene rings is 1. The van der Waals surface area contributed by atoms with Crippen LogP contribution >= 0.6 is 0 Å². The maximum absolute atomic E-state index is 14.2. The van der Waals surface area contributed by atoms with Crippen LogP contribution in [0.3, 0.4) is 0 Å². The van der Waals surface area contributed by atoms with Gasteiger partial charge < -0.3 is 20.7 Å². The Kier molecular flexibility index (Phi) is 5.36. The van der Waals surface area contributed by atoms with Crippen LogP contribution in [-0.2, 0) is 6.42 Å². The monoisotopic (exact) mass is 447 g/mol. The fourth-order valence-electron chi connectivity index (χ4n) is 4.50. The predicted octanol–water partition coefficient (Wildman–Crippen LogP) is 4.79. The zero-order chi connectivity index (χ0) is 23.1. The van der Waals surface area contributed by atoms with E-state index in [0.29, 0.717) is 40.7 Å². The summed E-state index contributed by atoms with van der Waals surface area (Å²) in [5, 5.41) is 4.44. The summed E-state index contributed by atoms with van der Waals surface area (Å²) in [5.41, 5.74) is 17.9. The van der Waals surface area contributed by atoms with Crippen LogP contribution < -0.4 is 16.2 Å². The highest BCUT2D eigenvalue weighted by atomic mass is 19.1. The van der Waals surface area contributed by atoms with Crippen molar-refractivity contribution in [3.8, 4) is 16.9 Å². The number of nitrogens with two attached hydrogens (primary N) is 2. The van der Waals surface area contributed by atoms with E-state index in [-0.39, 0.29) is 11.6 Å². The van der Waals surface area contributed by atoms with Gasteiger partial charge in [-0.25, -0.2) is 9.37 Å². The molecule has 4 N–H and O–H groups in total. The third kappa shape index (κ3) is 3.75. The number of aliphatic imine (C=N–C) groups is 1. The van der Waals surface area contributed by atoms with Crippen molar-refractivity contribution in [3.63, 3.8) is 0 Å². The third-order valence-corrected chi connectivity index (χ3v) is 6.48. The molecule has 5 rings (SSSR count). The molecule has 0 unspecified atom stereocenters. The first-order valence-electron chi connectivity index (χ1n) is 11.1. The first kappa shape index (κ1) is 21.2. The lowest BCUT2D eigenvalue weighted by molar-refractivity contribution is 0.227. The van der Waals surface area contributed by atoms with Gasteiger partial charge in [0.1, 0.15) is 17.7 Å². The number of aromatic nitrogens is 2. The Labute approximate surface area is 191 Å². The van der Waals surface area contributed by atoms with Crippen molar-refractivity contribution in [1.82, 2.24) is 10.1 Å². The van der Waals surface area contributed by atoms with Crippen molar-refractivity contribution >= 4 is 17.7 Å². The van der Waals surface area contributed by atoms with Crippen molar-refractivity contribution < 1.29 is 13.7 Å². The Bertz CT molecular complexity index is 1280. The number of halogens is 1. The zero-order valence-electron chi connectivity index (χ0n) is 18.6. The molecule has 7 nitrogen and oxygen atoms in total. The molecule has 170 valence electrons. The number of hydrogen-bond donors (Lipinski definition) is 2. The van der Waals surface area contributed by atoms with Crippen molar-refractivity contribution in [2.24, 2.45) is 10.7 Å². The summed E-state index contributed by atoms with van der Waals surface area (Å²) in [4.78, 5) is 8.58. The maximum atomic E-state index is 14.2. The van der Waals surface area contributed by atoms with Gasteiger partial charge in [-0.3, -0.25) is 4.99 Å². The predicted molar refractivity (Wildman–Crippen MR) is 125 cm³/mol. The Morgan fingerprint density at radius 2 is 2.03 bits per heavy atom. The highest BCUT2D eigenvalue weighted by Gasteiger charge is 2.30. The minimum Gasteiger partial charge on any atom is -0.482 e. The SMILES string of the molecule is CN=CC1=C(N)c2ccc(F)cc2[C@@H](C)Oc2cc(cnc2N)-c2c(C3CCC3)noc2C1. The van der Waals surface area contributed by atoms with Gasteiger partial charge in [0.25, 0.3) is 0 Å². The van der Waals surface area contributed by atoms with Crippen molar-refractivity contribution in [2.75, 3.05) is 12.8 Å². The van der Waals surface area contributed by atoms with Crippen LogP contribution in [0.5, 0.6) is 5.75 Å². The average Bonchev–Trinajstić information content (AvgIpc) is 3.15. The summed E-state index contributed by atoms with van der Waals surface area (Å²) in [6, 6.07) is 6.34. The van der Waals surface area contributed by atoms with E-state index in [2.05, 4.69) is 15.1 Å². The summed E-state index contributed by atoms with van der Waals surface area (Å²) < 4.78 is 26.3. The lowest BCUT2D eigenvalue weighted by Gasteiger charge is -2.25. The smallest absolute Gasteiger partial charge is 0.166 e. The molecule has 1 aromatic carbocycles. The molecular weight excluding hydrogens is 421 g/mol. The van der Waals surface area contributed by atoms with Crippen molar-refractivity contribution in [1.29, 1.82) is 0 Å². The summed E-state index contributed by atoms with van der Waals surface area (Å²) in [6.07, 6.45) is 6.59. The molecule has 2 aromatic heterocycles. The quantitative estimate of drug-likeness (QED) is 0.546. The van der Waals surface area contributed by atoms with Crippen LogP contribution in [0.2, 0.25) is 0 Å². The molecule has 0 spiro atoms. The first-order valence-corrected chi connectivity index (χ1v) is 11.1. The molecule has 1 fully saturated rings. The van der Waals surface area contributed by atoms with Crippen LogP contribution in [0.4, 0.5) is 10.2 Å². The van der Waals surface area contributed by atoms with E-state index in [1.165, 1.54) is 18.6 Å². The van der Waals surface area contributed by atoms with Crippen molar-refractivity contribution in [2.45, 2.75) is 44.6 Å². The molecule has 3 aromatic rings. The maximum Gasteiger partial charge on any atom is 0.166 e. The van der Waals surface area contributed by atoms with Gasteiger partial charge in [-0.05, 0) is 44.0 Å². The lowest BCUT2D eigenvalue weighted by atomic mass is 9.80. The topological polar surface area (TPSA) is 113 Å². The minimum atomic E-state index is -0.527. The summed E-state index contributed by atoms with van der Waals surface area (Å²) in [7, 11) is 1.69. The molecule has 1 atom stereocenters. The molecule has 2 aliphatic rings. The fraction of sp³-hybridized carbons (Fsp3) is 0.320. The standard InChI is InChI=1S/C25H26FN5O2/c1-13-19-10-17(26)6-7-18(19)23(27)16(11-29-2)9-20-22(24(31-33-20)14-4-3-5-14)15-8-21(32-13)25(28)30-12-15/h6-8,10-14H,3-5,9,27H2,1-2H3,(H2,28,30)/t13-/m1/s1. The van der Waals surface area contributed by atoms with Gasteiger partial charge >= 0.3 is 0 Å². The highest BCUT2D eigenvalue weighted by Crippen LogP contribution is 2.44. The second-order valence-corrected chi connectivity index (χ2v) is 8.60. The van der Waals surface area contributed by atoms with Gasteiger partial charge in [0.15, 0.2) is 11.6 Å². The Hall–Kier alpha value is -3.68. The van der Waals surface area contributed by atoms with Gasteiger partial charge in [-0.15, -0.1) is 0 Å². The Morgan fingerprint density at radius 1 is 1.21 bits per heavy atom. The second-order valence-electron chi connectivity index (χ2n) is 8.60. The van der Waals surface area contributed by atoms with E-state index < -0.39 is 6.10 Å². The summed E-state index contributed by atoms with van der Waals surface area (Å²) in [6.45, 7) is 1.83. The molecule has 1 saturated carbocycles. The molecule has 2 bridgehead atoms. The van der Waals surface area contributed by atoms with Crippen molar-refractivity contribution in [3.05, 3.63) is 64.4 Å². The molecule has 0 saturated heterocycles. The van der Waals surface area contributed by atoms with Gasteiger partial charge in [-0.2, -0.15) is 0 Å². The highest BCUT2D eigenvalue weighted by molar-refractivity contribution is 5.91. The molecule has 0 amide bonds. The molecule has 3 heterocycles. The zero-order valence-corrected chi connectivity index (χ0v) is 18.6. The van der Waals surface area contributed by atoms with Gasteiger partial charge in [0.05, 0.1) is 11.3 Å². The van der Waals surface area contributed by atoms with Gasteiger partial charge in [0, 0.05) is 59.8 Å². The van der Waals surface area contributed by atoms with E-state index in [1.807, 2.05) is 13.0 Å². The van der Waals surface area contributed by atoms with E-state index in [1.54, 1.807) is 25.5 Å². The molecule has 0 radical (unpaired) electrons. The summed E-state index contributed by atoms with van der Waals surface area (Å²) >= 11 is 0. The molecular formula is C25H26FN5O2. The van der Waals surface area contributed by atoms with Crippen LogP contribution in [0.1, 0.15) is 60.8 Å². The van der Waals surface area contributed by atoms with Crippen LogP contribution in [0.15, 0.2) is 45.6 Å². The lowest BCUT2D eigenvalue weighted by Crippen LogP contribution is -2.14. The number of anilines is 1. The number of fused-ring (bicyclic) bond motifs is 5. The number of pyridine rings is 1. The fourth-order valence-corrected chi connectivity index (χ4v) is 4.50. The summed E-state index contributed by atoms with van der Waals surface area (Å²) in [5.74, 6) is 1.31. The van der Waals surface area contributed by atoms with E-state index >= 15 is 0 Å². The third-order valence-electron chi connectivity index (χ3n) is 6.48. The molecule has 1 aliphatic carbocycles. The molecule has 8 heteroatoms. The van der Waals surface area contributed by atoms with Gasteiger partial charge in [0.2, 0.25) is 0 Å². The van der Waals surface area contributed by atoms with E-state index in [4.69, 9.17) is 20.7 Å². The Balaban J connectivity index is 1.78. The van der Waals surface area contributed by atoms with E-state index in [0.717, 1.165) is 35.2 Å². The first-order chi connectivity index (χ1) is 16.0. The number of ether oxygens (including phenoxy) is 1. The molecule has 1 aliphatic heterocycles.